The number of hydrogen-bond donors (Lipinski definition) is 1. The number of hydrogen-bond acceptors (Lipinski definition) is 3. The summed E-state index contributed by atoms with van der Waals surface area (Å²) in [4.78, 5) is 16.6. The molecule has 0 unspecified atom stereocenters. The van der Waals surface area contributed by atoms with Crippen LogP contribution in [-0.2, 0) is 4.79 Å². The first-order valence-electron chi connectivity index (χ1n) is 7.92. The molecule has 1 aliphatic rings. The molecule has 0 aliphatic carbocycles. The molecule has 1 N–H and O–H groups in total. The van der Waals surface area contributed by atoms with E-state index < -0.39 is 5.60 Å². The summed E-state index contributed by atoms with van der Waals surface area (Å²) in [5.41, 5.74) is -0.547. The second kappa shape index (κ2) is 7.41. The van der Waals surface area contributed by atoms with E-state index in [9.17, 15) is 9.90 Å². The van der Waals surface area contributed by atoms with Crippen molar-refractivity contribution in [2.75, 3.05) is 32.7 Å². The summed E-state index contributed by atoms with van der Waals surface area (Å²) in [5, 5.41) is 9.95. The Morgan fingerprint density at radius 1 is 1.15 bits per heavy atom. The number of amides is 1. The molecule has 0 aromatic heterocycles. The van der Waals surface area contributed by atoms with E-state index in [1.165, 1.54) is 0 Å². The third-order valence-corrected chi connectivity index (χ3v) is 3.82. The van der Waals surface area contributed by atoms with Crippen LogP contribution in [0.15, 0.2) is 0 Å². The predicted octanol–water partition coefficient (Wildman–Crippen LogP) is 1.97. The fraction of sp³-hybridized carbons (Fsp3) is 0.938. The summed E-state index contributed by atoms with van der Waals surface area (Å²) >= 11 is 0. The Balaban J connectivity index is 2.49. The monoisotopic (exact) mass is 284 g/mol. The second-order valence-electron chi connectivity index (χ2n) is 7.36. The van der Waals surface area contributed by atoms with Gasteiger partial charge in [0, 0.05) is 26.2 Å². The molecule has 1 fully saturated rings. The highest BCUT2D eigenvalue weighted by Crippen LogP contribution is 2.21. The van der Waals surface area contributed by atoms with E-state index in [1.54, 1.807) is 0 Å². The van der Waals surface area contributed by atoms with Gasteiger partial charge in [0.1, 0.15) is 0 Å². The molecule has 0 aromatic rings. The lowest BCUT2D eigenvalue weighted by molar-refractivity contribution is -0.134. The Morgan fingerprint density at radius 2 is 1.60 bits per heavy atom. The van der Waals surface area contributed by atoms with E-state index in [-0.39, 0.29) is 5.91 Å². The molecule has 0 bridgehead atoms. The van der Waals surface area contributed by atoms with Crippen molar-refractivity contribution in [2.24, 2.45) is 11.8 Å². The highest BCUT2D eigenvalue weighted by atomic mass is 16.3. The van der Waals surface area contributed by atoms with E-state index in [1.807, 2.05) is 11.8 Å². The summed E-state index contributed by atoms with van der Waals surface area (Å²) in [6.45, 7) is 14.3. The van der Waals surface area contributed by atoms with Gasteiger partial charge in [-0.1, -0.05) is 27.7 Å². The van der Waals surface area contributed by atoms with Crippen molar-refractivity contribution in [3.63, 3.8) is 0 Å². The topological polar surface area (TPSA) is 43.8 Å². The molecule has 118 valence electrons. The number of likely N-dealkylation sites (tertiary alicyclic amines) is 1. The molecule has 1 saturated heterocycles. The summed E-state index contributed by atoms with van der Waals surface area (Å²) in [7, 11) is 0. The first-order valence-corrected chi connectivity index (χ1v) is 7.92. The van der Waals surface area contributed by atoms with E-state index in [4.69, 9.17) is 0 Å². The van der Waals surface area contributed by atoms with Gasteiger partial charge in [0.15, 0.2) is 0 Å². The van der Waals surface area contributed by atoms with Crippen LogP contribution >= 0.6 is 0 Å². The molecule has 1 amide bonds. The van der Waals surface area contributed by atoms with Gasteiger partial charge >= 0.3 is 0 Å². The molecular weight excluding hydrogens is 252 g/mol. The predicted molar refractivity (Wildman–Crippen MR) is 82.6 cm³/mol. The van der Waals surface area contributed by atoms with Gasteiger partial charge in [-0.15, -0.1) is 0 Å². The Labute approximate surface area is 124 Å². The van der Waals surface area contributed by atoms with Crippen LogP contribution in [0.25, 0.3) is 0 Å². The molecule has 0 atom stereocenters. The molecule has 0 aromatic carbocycles. The van der Waals surface area contributed by atoms with Crippen molar-refractivity contribution in [1.82, 2.24) is 9.80 Å². The summed E-state index contributed by atoms with van der Waals surface area (Å²) in [6.07, 6.45) is 1.52. The van der Waals surface area contributed by atoms with Gasteiger partial charge in [-0.3, -0.25) is 9.69 Å². The van der Waals surface area contributed by atoms with Crippen molar-refractivity contribution in [3.8, 4) is 0 Å². The van der Waals surface area contributed by atoms with Gasteiger partial charge < -0.3 is 10.0 Å². The van der Waals surface area contributed by atoms with E-state index >= 15 is 0 Å². The maximum atomic E-state index is 12.5. The third-order valence-electron chi connectivity index (χ3n) is 3.82. The Kier molecular flexibility index (Phi) is 6.46. The zero-order chi connectivity index (χ0) is 15.3. The smallest absolute Gasteiger partial charge is 0.236 e. The molecule has 4 nitrogen and oxygen atoms in total. The second-order valence-corrected chi connectivity index (χ2v) is 7.36. The summed E-state index contributed by atoms with van der Waals surface area (Å²) in [5.74, 6) is 1.23. The van der Waals surface area contributed by atoms with Crippen molar-refractivity contribution in [2.45, 2.75) is 53.1 Å². The van der Waals surface area contributed by atoms with Crippen LogP contribution in [0.4, 0.5) is 0 Å². The zero-order valence-electron chi connectivity index (χ0n) is 13.9. The van der Waals surface area contributed by atoms with Crippen molar-refractivity contribution < 1.29 is 9.90 Å². The van der Waals surface area contributed by atoms with E-state index in [0.29, 0.717) is 18.4 Å². The fourth-order valence-electron chi connectivity index (χ4n) is 2.64. The van der Waals surface area contributed by atoms with Crippen LogP contribution in [0.5, 0.6) is 0 Å². The zero-order valence-corrected chi connectivity index (χ0v) is 13.9. The highest BCUT2D eigenvalue weighted by Gasteiger charge is 2.29. The average Bonchev–Trinajstić information content (AvgIpc) is 2.29. The van der Waals surface area contributed by atoms with Gasteiger partial charge in [-0.25, -0.2) is 0 Å². The summed E-state index contributed by atoms with van der Waals surface area (Å²) < 4.78 is 0. The molecule has 20 heavy (non-hydrogen) atoms. The highest BCUT2D eigenvalue weighted by molar-refractivity contribution is 5.78. The summed E-state index contributed by atoms with van der Waals surface area (Å²) in [6, 6.07) is 0. The number of aliphatic hydroxyl groups is 1. The largest absolute Gasteiger partial charge is 0.390 e. The lowest BCUT2D eigenvalue weighted by Crippen LogP contribution is -2.48. The SMILES string of the molecule is CC(C)CN(CC(C)C)C(=O)CN1CCC(C)(O)CC1. The van der Waals surface area contributed by atoms with Crippen molar-refractivity contribution in [1.29, 1.82) is 0 Å². The minimum Gasteiger partial charge on any atom is -0.390 e. The quantitative estimate of drug-likeness (QED) is 0.811. The molecule has 4 heteroatoms. The fourth-order valence-corrected chi connectivity index (χ4v) is 2.64. The minimum atomic E-state index is -0.547. The molecule has 1 rings (SSSR count). The standard InChI is InChI=1S/C16H32N2O2/c1-13(2)10-18(11-14(3)4)15(19)12-17-8-6-16(5,20)7-9-17/h13-14,20H,6-12H2,1-5H3. The molecule has 0 radical (unpaired) electrons. The number of carbonyl (C=O) groups excluding carboxylic acids is 1. The lowest BCUT2D eigenvalue weighted by atomic mass is 9.94. The van der Waals surface area contributed by atoms with Gasteiger partial charge in [0.25, 0.3) is 0 Å². The number of carbonyl (C=O) groups is 1. The lowest BCUT2D eigenvalue weighted by Gasteiger charge is -2.36. The number of nitrogens with zero attached hydrogens (tertiary/aromatic N) is 2. The molecule has 0 spiro atoms. The average molecular weight is 284 g/mol. The molecule has 1 aliphatic heterocycles. The number of piperidine rings is 1. The van der Waals surface area contributed by atoms with E-state index in [0.717, 1.165) is 39.0 Å². The Bertz CT molecular complexity index is 294. The first-order chi connectivity index (χ1) is 9.19. The minimum absolute atomic E-state index is 0.231. The van der Waals surface area contributed by atoms with Crippen LogP contribution in [0.2, 0.25) is 0 Å². The Hall–Kier alpha value is -0.610. The normalized spacial score (nSPS) is 19.6. The van der Waals surface area contributed by atoms with Crippen molar-refractivity contribution >= 4 is 5.91 Å². The van der Waals surface area contributed by atoms with Crippen LogP contribution in [0, 0.1) is 11.8 Å². The van der Waals surface area contributed by atoms with Gasteiger partial charge in [0.05, 0.1) is 12.1 Å². The third kappa shape index (κ3) is 6.23. The maximum Gasteiger partial charge on any atom is 0.236 e. The molecule has 0 saturated carbocycles. The molecule has 1 heterocycles. The van der Waals surface area contributed by atoms with E-state index in [2.05, 4.69) is 32.6 Å². The van der Waals surface area contributed by atoms with Crippen molar-refractivity contribution in [3.05, 3.63) is 0 Å². The number of rotatable bonds is 6. The van der Waals surface area contributed by atoms with Gasteiger partial charge in [-0.05, 0) is 31.6 Å². The molecular formula is C16H32N2O2. The van der Waals surface area contributed by atoms with Crippen LogP contribution in [0.1, 0.15) is 47.5 Å². The Morgan fingerprint density at radius 3 is 2.00 bits per heavy atom. The van der Waals surface area contributed by atoms with Crippen LogP contribution in [-0.4, -0.2) is 59.1 Å². The van der Waals surface area contributed by atoms with Gasteiger partial charge in [0.2, 0.25) is 5.91 Å². The first kappa shape index (κ1) is 17.4. The van der Waals surface area contributed by atoms with Crippen LogP contribution < -0.4 is 0 Å². The maximum absolute atomic E-state index is 12.5. The van der Waals surface area contributed by atoms with Crippen LogP contribution in [0.3, 0.4) is 0 Å². The van der Waals surface area contributed by atoms with Gasteiger partial charge in [-0.2, -0.15) is 0 Å².